The van der Waals surface area contributed by atoms with E-state index in [0.29, 0.717) is 0 Å². The second kappa shape index (κ2) is 7.83. The van der Waals surface area contributed by atoms with Crippen molar-refractivity contribution in [3.05, 3.63) is 121 Å². The minimum absolute atomic E-state index is 0.906. The van der Waals surface area contributed by atoms with Gasteiger partial charge in [0.05, 0.1) is 0 Å². The molecule has 0 saturated heterocycles. The molecule has 0 spiro atoms. The molecule has 0 saturated carbocycles. The number of hydrogen-bond acceptors (Lipinski definition) is 3. The molecular weight excluding hydrogens is 496 g/mol. The van der Waals surface area contributed by atoms with Crippen LogP contribution in [0.3, 0.4) is 0 Å². The summed E-state index contributed by atoms with van der Waals surface area (Å²) in [6.45, 7) is 0. The first-order valence-electron chi connectivity index (χ1n) is 13.1. The first-order chi connectivity index (χ1) is 19.3. The van der Waals surface area contributed by atoms with Gasteiger partial charge in [0.1, 0.15) is 22.7 Å². The summed E-state index contributed by atoms with van der Waals surface area (Å²) in [5, 5.41) is 7.06. The van der Waals surface area contributed by atoms with Gasteiger partial charge in [-0.1, -0.05) is 72.8 Å². The van der Waals surface area contributed by atoms with Gasteiger partial charge in [0, 0.05) is 42.4 Å². The Bertz CT molecular complexity index is 2260. The SMILES string of the molecule is c1cc2c3c(cccc3c1)-c1cc(-c3ccc(-c4cccc5oc6c7ccccc7ccc6c45)s3)ccc1O2. The molecule has 9 rings (SSSR count). The third-order valence-corrected chi connectivity index (χ3v) is 9.07. The van der Waals surface area contributed by atoms with E-state index in [1.165, 1.54) is 48.0 Å². The van der Waals surface area contributed by atoms with Gasteiger partial charge in [-0.15, -0.1) is 11.3 Å². The summed E-state index contributed by atoms with van der Waals surface area (Å²) < 4.78 is 12.7. The first kappa shape index (κ1) is 21.1. The summed E-state index contributed by atoms with van der Waals surface area (Å²) in [7, 11) is 0. The molecule has 39 heavy (non-hydrogen) atoms. The first-order valence-corrected chi connectivity index (χ1v) is 13.9. The Morgan fingerprint density at radius 3 is 2.28 bits per heavy atom. The molecule has 2 nitrogen and oxygen atoms in total. The average molecular weight is 517 g/mol. The van der Waals surface area contributed by atoms with Gasteiger partial charge in [-0.3, -0.25) is 0 Å². The molecule has 182 valence electrons. The highest BCUT2D eigenvalue weighted by Crippen LogP contribution is 2.48. The standard InChI is InChI=1S/C36H20O2S/c1-2-9-24-21(6-1)14-16-27-35-26(11-5-13-31(35)38-36(24)27)33-19-18-32(39-33)23-15-17-29-28(20-23)25-10-3-7-22-8-4-12-30(37-29)34(22)25/h1-20H. The Morgan fingerprint density at radius 2 is 1.31 bits per heavy atom. The third-order valence-electron chi connectivity index (χ3n) is 7.90. The Kier molecular flexibility index (Phi) is 4.24. The van der Waals surface area contributed by atoms with E-state index in [1.54, 1.807) is 0 Å². The van der Waals surface area contributed by atoms with Crippen molar-refractivity contribution in [2.24, 2.45) is 0 Å². The van der Waals surface area contributed by atoms with Gasteiger partial charge in [0.25, 0.3) is 0 Å². The van der Waals surface area contributed by atoms with E-state index in [1.807, 2.05) is 11.3 Å². The maximum Gasteiger partial charge on any atom is 0.143 e. The summed E-state index contributed by atoms with van der Waals surface area (Å²) in [5.41, 5.74) is 6.65. The highest BCUT2D eigenvalue weighted by molar-refractivity contribution is 7.19. The van der Waals surface area contributed by atoms with Crippen LogP contribution < -0.4 is 4.74 Å². The minimum Gasteiger partial charge on any atom is -0.456 e. The van der Waals surface area contributed by atoms with Gasteiger partial charge in [0.2, 0.25) is 0 Å². The van der Waals surface area contributed by atoms with Crippen LogP contribution in [-0.4, -0.2) is 0 Å². The Balaban J connectivity index is 1.19. The van der Waals surface area contributed by atoms with Crippen molar-refractivity contribution in [1.29, 1.82) is 0 Å². The van der Waals surface area contributed by atoms with Crippen molar-refractivity contribution in [1.82, 2.24) is 0 Å². The van der Waals surface area contributed by atoms with Gasteiger partial charge in [-0.2, -0.15) is 0 Å². The Labute approximate surface area is 228 Å². The molecular formula is C36H20O2S. The van der Waals surface area contributed by atoms with Crippen molar-refractivity contribution in [2.75, 3.05) is 0 Å². The maximum atomic E-state index is 6.43. The Morgan fingerprint density at radius 1 is 0.487 bits per heavy atom. The smallest absolute Gasteiger partial charge is 0.143 e. The lowest BCUT2D eigenvalue weighted by molar-refractivity contribution is 0.487. The van der Waals surface area contributed by atoms with E-state index in [-0.39, 0.29) is 0 Å². The fourth-order valence-electron chi connectivity index (χ4n) is 6.11. The third kappa shape index (κ3) is 3.02. The summed E-state index contributed by atoms with van der Waals surface area (Å²) in [5.74, 6) is 1.83. The largest absolute Gasteiger partial charge is 0.456 e. The van der Waals surface area contributed by atoms with Gasteiger partial charge in [-0.25, -0.2) is 0 Å². The van der Waals surface area contributed by atoms with Crippen LogP contribution in [0.5, 0.6) is 11.5 Å². The molecule has 0 fully saturated rings. The zero-order chi connectivity index (χ0) is 25.5. The van der Waals surface area contributed by atoms with E-state index >= 15 is 0 Å². The fourth-order valence-corrected chi connectivity index (χ4v) is 7.15. The number of furan rings is 1. The number of rotatable bonds is 2. The summed E-state index contributed by atoms with van der Waals surface area (Å²) in [6.07, 6.45) is 0. The van der Waals surface area contributed by atoms with Crippen LogP contribution in [0.1, 0.15) is 0 Å². The maximum absolute atomic E-state index is 6.43. The summed E-state index contributed by atoms with van der Waals surface area (Å²) >= 11 is 1.82. The van der Waals surface area contributed by atoms with Crippen LogP contribution in [0, 0.1) is 0 Å². The zero-order valence-corrected chi connectivity index (χ0v) is 21.6. The molecule has 0 radical (unpaired) electrons. The lowest BCUT2D eigenvalue weighted by atomic mass is 9.93. The van der Waals surface area contributed by atoms with Crippen LogP contribution in [-0.2, 0) is 0 Å². The molecule has 0 atom stereocenters. The van der Waals surface area contributed by atoms with Crippen LogP contribution in [0.4, 0.5) is 0 Å². The molecule has 0 N–H and O–H groups in total. The van der Waals surface area contributed by atoms with Crippen molar-refractivity contribution >= 4 is 54.8 Å². The van der Waals surface area contributed by atoms with Crippen LogP contribution >= 0.6 is 11.3 Å². The normalized spacial score (nSPS) is 12.3. The lowest BCUT2D eigenvalue weighted by Crippen LogP contribution is -1.97. The topological polar surface area (TPSA) is 22.4 Å². The molecule has 0 bridgehead atoms. The van der Waals surface area contributed by atoms with Gasteiger partial charge in [0.15, 0.2) is 0 Å². The number of thiophene rings is 1. The van der Waals surface area contributed by atoms with Crippen molar-refractivity contribution in [3.8, 4) is 43.5 Å². The molecule has 0 amide bonds. The van der Waals surface area contributed by atoms with E-state index in [0.717, 1.165) is 39.0 Å². The molecule has 6 aromatic carbocycles. The minimum atomic E-state index is 0.906. The quantitative estimate of drug-likeness (QED) is 0.228. The van der Waals surface area contributed by atoms with Gasteiger partial charge < -0.3 is 9.15 Å². The van der Waals surface area contributed by atoms with E-state index < -0.39 is 0 Å². The molecule has 0 unspecified atom stereocenters. The highest BCUT2D eigenvalue weighted by atomic mass is 32.1. The molecule has 3 heteroatoms. The van der Waals surface area contributed by atoms with Crippen LogP contribution in [0.15, 0.2) is 126 Å². The van der Waals surface area contributed by atoms with Gasteiger partial charge >= 0.3 is 0 Å². The number of ether oxygens (including phenoxy) is 1. The van der Waals surface area contributed by atoms with Crippen molar-refractivity contribution in [3.63, 3.8) is 0 Å². The summed E-state index contributed by atoms with van der Waals surface area (Å²) in [6, 6.07) is 42.9. The second-order valence-corrected chi connectivity index (χ2v) is 11.2. The van der Waals surface area contributed by atoms with E-state index in [2.05, 4.69) is 121 Å². The molecule has 3 heterocycles. The predicted molar refractivity (Wildman–Crippen MR) is 163 cm³/mol. The van der Waals surface area contributed by atoms with Crippen LogP contribution in [0.2, 0.25) is 0 Å². The highest BCUT2D eigenvalue weighted by Gasteiger charge is 2.21. The number of benzene rings is 6. The van der Waals surface area contributed by atoms with Crippen molar-refractivity contribution in [2.45, 2.75) is 0 Å². The lowest BCUT2D eigenvalue weighted by Gasteiger charge is -2.21. The van der Waals surface area contributed by atoms with Crippen LogP contribution in [0.25, 0.3) is 75.5 Å². The predicted octanol–water partition coefficient (Wildman–Crippen LogP) is 11.1. The van der Waals surface area contributed by atoms with E-state index in [9.17, 15) is 0 Å². The van der Waals surface area contributed by atoms with E-state index in [4.69, 9.17) is 9.15 Å². The molecule has 2 aromatic heterocycles. The second-order valence-electron chi connectivity index (χ2n) is 10.1. The zero-order valence-electron chi connectivity index (χ0n) is 20.8. The monoisotopic (exact) mass is 516 g/mol. The van der Waals surface area contributed by atoms with Gasteiger partial charge in [-0.05, 0) is 70.4 Å². The summed E-state index contributed by atoms with van der Waals surface area (Å²) in [4.78, 5) is 2.46. The fraction of sp³-hybridized carbons (Fsp3) is 0. The van der Waals surface area contributed by atoms with Crippen molar-refractivity contribution < 1.29 is 9.15 Å². The Hall–Kier alpha value is -4.86. The molecule has 0 aliphatic carbocycles. The number of fused-ring (bicyclic) bond motifs is 7. The average Bonchev–Trinajstić information content (AvgIpc) is 3.63. The molecule has 1 aliphatic heterocycles. The molecule has 1 aliphatic rings. The molecule has 8 aromatic rings. The number of hydrogen-bond donors (Lipinski definition) is 0.